The normalized spacial score (nSPS) is 11.3. The minimum atomic E-state index is 0.761. The molecule has 0 fully saturated rings. The molecule has 5 nitrogen and oxygen atoms in total. The van der Waals surface area contributed by atoms with Gasteiger partial charge in [0, 0.05) is 16.3 Å². The molecule has 0 amide bonds. The van der Waals surface area contributed by atoms with Crippen LogP contribution in [-0.2, 0) is 0 Å². The molecular formula is C27H21N5S. The van der Waals surface area contributed by atoms with Crippen LogP contribution < -0.4 is 5.32 Å². The van der Waals surface area contributed by atoms with Crippen LogP contribution in [0.4, 0.5) is 10.9 Å². The number of pyridine rings is 1. The highest BCUT2D eigenvalue weighted by molar-refractivity contribution is 7.14. The number of rotatable bonds is 4. The van der Waals surface area contributed by atoms with Crippen molar-refractivity contribution >= 4 is 44.1 Å². The first kappa shape index (κ1) is 19.6. The Labute approximate surface area is 195 Å². The van der Waals surface area contributed by atoms with Gasteiger partial charge in [-0.05, 0) is 54.4 Å². The van der Waals surface area contributed by atoms with E-state index in [4.69, 9.17) is 15.1 Å². The third-order valence-corrected chi connectivity index (χ3v) is 6.55. The van der Waals surface area contributed by atoms with Crippen LogP contribution in [0.2, 0.25) is 0 Å². The molecule has 0 saturated carbocycles. The molecule has 33 heavy (non-hydrogen) atoms. The largest absolute Gasteiger partial charge is 0.316 e. The van der Waals surface area contributed by atoms with Gasteiger partial charge in [0.2, 0.25) is 0 Å². The Morgan fingerprint density at radius 1 is 0.818 bits per heavy atom. The van der Waals surface area contributed by atoms with Gasteiger partial charge in [0.05, 0.1) is 17.1 Å². The Kier molecular flexibility index (Phi) is 4.66. The molecule has 3 aromatic heterocycles. The Morgan fingerprint density at radius 2 is 1.61 bits per heavy atom. The second-order valence-electron chi connectivity index (χ2n) is 8.08. The minimum absolute atomic E-state index is 0.761. The average Bonchev–Trinajstić information content (AvgIpc) is 3.44. The van der Waals surface area contributed by atoms with Crippen LogP contribution in [0.5, 0.6) is 0 Å². The molecule has 0 atom stereocenters. The summed E-state index contributed by atoms with van der Waals surface area (Å²) in [6, 6.07) is 27.0. The predicted molar refractivity (Wildman–Crippen MR) is 137 cm³/mol. The van der Waals surface area contributed by atoms with Gasteiger partial charge in [-0.2, -0.15) is 5.10 Å². The maximum Gasteiger partial charge on any atom is 0.188 e. The van der Waals surface area contributed by atoms with Crippen LogP contribution in [0.3, 0.4) is 0 Å². The number of thiazole rings is 1. The van der Waals surface area contributed by atoms with Gasteiger partial charge in [0.15, 0.2) is 10.8 Å². The number of para-hydroxylation sites is 1. The lowest BCUT2D eigenvalue weighted by Gasteiger charge is -2.07. The lowest BCUT2D eigenvalue weighted by atomic mass is 10.1. The molecule has 0 bridgehead atoms. The third kappa shape index (κ3) is 3.54. The van der Waals surface area contributed by atoms with Crippen molar-refractivity contribution in [3.8, 4) is 16.9 Å². The van der Waals surface area contributed by atoms with E-state index in [0.29, 0.717) is 0 Å². The van der Waals surface area contributed by atoms with Crippen LogP contribution in [0.1, 0.15) is 11.3 Å². The molecule has 0 aliphatic rings. The summed E-state index contributed by atoms with van der Waals surface area (Å²) in [4.78, 5) is 9.73. The second kappa shape index (κ2) is 7.83. The molecule has 6 rings (SSSR count). The first-order chi connectivity index (χ1) is 16.2. The smallest absolute Gasteiger partial charge is 0.188 e. The van der Waals surface area contributed by atoms with Crippen molar-refractivity contribution in [2.24, 2.45) is 0 Å². The van der Waals surface area contributed by atoms with Gasteiger partial charge < -0.3 is 5.32 Å². The molecule has 0 spiro atoms. The first-order valence-electron chi connectivity index (χ1n) is 10.8. The highest BCUT2D eigenvalue weighted by Crippen LogP contribution is 2.31. The summed E-state index contributed by atoms with van der Waals surface area (Å²) >= 11 is 1.58. The molecule has 0 radical (unpaired) electrons. The van der Waals surface area contributed by atoms with Gasteiger partial charge in [-0.25, -0.2) is 14.6 Å². The van der Waals surface area contributed by atoms with Gasteiger partial charge in [-0.1, -0.05) is 54.6 Å². The summed E-state index contributed by atoms with van der Waals surface area (Å²) < 4.78 is 1.91. The fraction of sp³-hybridized carbons (Fsp3) is 0.0741. The molecule has 3 heterocycles. The summed E-state index contributed by atoms with van der Waals surface area (Å²) in [7, 11) is 0. The van der Waals surface area contributed by atoms with Crippen molar-refractivity contribution in [1.29, 1.82) is 0 Å². The second-order valence-corrected chi connectivity index (χ2v) is 8.94. The van der Waals surface area contributed by atoms with Gasteiger partial charge in [-0.15, -0.1) is 11.3 Å². The van der Waals surface area contributed by atoms with E-state index in [9.17, 15) is 0 Å². The van der Waals surface area contributed by atoms with E-state index < -0.39 is 0 Å². The maximum atomic E-state index is 4.91. The summed E-state index contributed by atoms with van der Waals surface area (Å²) in [5.74, 6) is 0.761. The molecule has 160 valence electrons. The van der Waals surface area contributed by atoms with E-state index in [-0.39, 0.29) is 0 Å². The van der Waals surface area contributed by atoms with Gasteiger partial charge in [0.25, 0.3) is 0 Å². The van der Waals surface area contributed by atoms with Crippen LogP contribution in [0, 0.1) is 13.8 Å². The lowest BCUT2D eigenvalue weighted by molar-refractivity contribution is 0.878. The number of hydrogen-bond acceptors (Lipinski definition) is 5. The Bertz CT molecular complexity index is 1610. The number of anilines is 2. The van der Waals surface area contributed by atoms with Gasteiger partial charge in [-0.3, -0.25) is 0 Å². The predicted octanol–water partition coefficient (Wildman–Crippen LogP) is 7.06. The number of fused-ring (bicyclic) bond motifs is 2. The SMILES string of the molecule is Cc1cc(Nc2nc(-c3ccc4ccccc4c3)cs2)nc2c1c(C)nn2-c1ccccc1. The molecule has 6 aromatic rings. The van der Waals surface area contributed by atoms with Crippen LogP contribution in [-0.4, -0.2) is 19.7 Å². The molecule has 0 saturated heterocycles. The number of aryl methyl sites for hydroxylation is 2. The number of nitrogens with zero attached hydrogens (tertiary/aromatic N) is 4. The molecule has 3 aromatic carbocycles. The number of benzene rings is 3. The van der Waals surface area contributed by atoms with E-state index in [1.807, 2.05) is 41.9 Å². The number of nitrogens with one attached hydrogen (secondary N) is 1. The average molecular weight is 448 g/mol. The van der Waals surface area contributed by atoms with Crippen LogP contribution >= 0.6 is 11.3 Å². The van der Waals surface area contributed by atoms with Gasteiger partial charge >= 0.3 is 0 Å². The topological polar surface area (TPSA) is 55.6 Å². The van der Waals surface area contributed by atoms with Crippen molar-refractivity contribution in [3.05, 3.63) is 95.5 Å². The van der Waals surface area contributed by atoms with Crippen molar-refractivity contribution in [2.75, 3.05) is 5.32 Å². The molecule has 0 aliphatic carbocycles. The van der Waals surface area contributed by atoms with Crippen LogP contribution in [0.25, 0.3) is 38.8 Å². The summed E-state index contributed by atoms with van der Waals surface area (Å²) in [6.07, 6.45) is 0. The standard InChI is InChI=1S/C27H21N5S/c1-17-14-24(29-26-25(17)18(2)31-32(26)22-10-4-3-5-11-22)30-27-28-23(16-33-27)21-13-12-19-8-6-7-9-20(19)15-21/h3-16H,1-2H3,(H,28,29,30). The summed E-state index contributed by atoms with van der Waals surface area (Å²) in [6.45, 7) is 4.13. The molecule has 6 heteroatoms. The first-order valence-corrected chi connectivity index (χ1v) is 11.7. The maximum absolute atomic E-state index is 4.91. The molecule has 0 aliphatic heterocycles. The van der Waals surface area contributed by atoms with Crippen molar-refractivity contribution in [2.45, 2.75) is 13.8 Å². The quantitative estimate of drug-likeness (QED) is 0.314. The highest BCUT2D eigenvalue weighted by Gasteiger charge is 2.15. The molecular weight excluding hydrogens is 426 g/mol. The zero-order valence-corrected chi connectivity index (χ0v) is 19.1. The van der Waals surface area contributed by atoms with E-state index in [1.54, 1.807) is 11.3 Å². The fourth-order valence-electron chi connectivity index (χ4n) is 4.24. The zero-order chi connectivity index (χ0) is 22.4. The molecule has 1 N–H and O–H groups in total. The lowest BCUT2D eigenvalue weighted by Crippen LogP contribution is -2.00. The van der Waals surface area contributed by atoms with E-state index >= 15 is 0 Å². The van der Waals surface area contributed by atoms with E-state index in [2.05, 4.69) is 66.2 Å². The summed E-state index contributed by atoms with van der Waals surface area (Å²) in [5.41, 5.74) is 6.00. The van der Waals surface area contributed by atoms with Crippen molar-refractivity contribution < 1.29 is 0 Å². The third-order valence-electron chi connectivity index (χ3n) is 5.80. The monoisotopic (exact) mass is 447 g/mol. The zero-order valence-electron chi connectivity index (χ0n) is 18.3. The minimum Gasteiger partial charge on any atom is -0.316 e. The van der Waals surface area contributed by atoms with E-state index in [1.165, 1.54) is 10.8 Å². The number of hydrogen-bond donors (Lipinski definition) is 1. The molecule has 0 unspecified atom stereocenters. The Balaban J connectivity index is 1.36. The number of aromatic nitrogens is 4. The Hall–Kier alpha value is -4.03. The fourth-order valence-corrected chi connectivity index (χ4v) is 4.97. The summed E-state index contributed by atoms with van der Waals surface area (Å²) in [5, 5.41) is 14.6. The van der Waals surface area contributed by atoms with Crippen LogP contribution in [0.15, 0.2) is 84.2 Å². The van der Waals surface area contributed by atoms with Gasteiger partial charge in [0.1, 0.15) is 5.82 Å². The van der Waals surface area contributed by atoms with Crippen molar-refractivity contribution in [1.82, 2.24) is 19.7 Å². The Morgan fingerprint density at radius 3 is 2.45 bits per heavy atom. The highest BCUT2D eigenvalue weighted by atomic mass is 32.1. The van der Waals surface area contributed by atoms with E-state index in [0.717, 1.165) is 50.2 Å². The van der Waals surface area contributed by atoms with Crippen molar-refractivity contribution in [3.63, 3.8) is 0 Å².